The fourth-order valence-electron chi connectivity index (χ4n) is 5.35. The van der Waals surface area contributed by atoms with Gasteiger partial charge in [-0.2, -0.15) is 0 Å². The molecule has 1 aromatic carbocycles. The number of aromatic nitrogens is 1. The van der Waals surface area contributed by atoms with E-state index >= 15 is 0 Å². The molecule has 10 nitrogen and oxygen atoms in total. The van der Waals surface area contributed by atoms with E-state index in [1.165, 1.54) is 7.11 Å². The number of pyridine rings is 1. The van der Waals surface area contributed by atoms with Crippen molar-refractivity contribution in [2.24, 2.45) is 16.6 Å². The van der Waals surface area contributed by atoms with Gasteiger partial charge in [-0.05, 0) is 48.9 Å². The molecule has 3 unspecified atom stereocenters. The Morgan fingerprint density at radius 1 is 1.26 bits per heavy atom. The van der Waals surface area contributed by atoms with Gasteiger partial charge in [-0.15, -0.1) is 0 Å². The number of rotatable bonds is 9. The van der Waals surface area contributed by atoms with E-state index in [-0.39, 0.29) is 35.5 Å². The van der Waals surface area contributed by atoms with Crippen molar-refractivity contribution in [3.05, 3.63) is 70.4 Å². The largest absolute Gasteiger partial charge is 0.466 e. The number of nitrogens with one attached hydrogen (secondary N) is 1. The van der Waals surface area contributed by atoms with Crippen LogP contribution in [-0.4, -0.2) is 53.8 Å². The number of fused-ring (bicyclic) bond motifs is 2. The summed E-state index contributed by atoms with van der Waals surface area (Å²) in [6, 6.07) is 8.49. The first kappa shape index (κ1) is 28.0. The maximum Gasteiger partial charge on any atom is 0.350 e. The van der Waals surface area contributed by atoms with Gasteiger partial charge in [-0.3, -0.25) is 14.6 Å². The Bertz CT molecular complexity index is 1380. The van der Waals surface area contributed by atoms with Gasteiger partial charge in [0, 0.05) is 30.8 Å². The molecule has 10 heteroatoms. The lowest BCUT2D eigenvalue weighted by molar-refractivity contribution is -0.145. The molecule has 39 heavy (non-hydrogen) atoms. The first-order valence-corrected chi connectivity index (χ1v) is 12.9. The number of ketones is 2. The third-order valence-corrected chi connectivity index (χ3v) is 7.30. The first-order valence-electron chi connectivity index (χ1n) is 12.9. The van der Waals surface area contributed by atoms with Crippen molar-refractivity contribution in [1.82, 2.24) is 10.3 Å². The van der Waals surface area contributed by atoms with Gasteiger partial charge >= 0.3 is 5.97 Å². The van der Waals surface area contributed by atoms with Gasteiger partial charge in [0.25, 0.3) is 5.60 Å². The monoisotopic (exact) mass is 533 g/mol. The lowest BCUT2D eigenvalue weighted by Gasteiger charge is -2.25. The minimum absolute atomic E-state index is 0.0227. The van der Waals surface area contributed by atoms with Crippen molar-refractivity contribution in [1.29, 1.82) is 0 Å². The number of hydrogen-bond acceptors (Lipinski definition) is 8. The molecular formula is C29H35N5O5. The average molecular weight is 534 g/mol. The topological polar surface area (TPSA) is 162 Å². The molecule has 2 aliphatic rings. The molecule has 0 radical (unpaired) electrons. The number of nitrogen functional groups attached to an aromatic ring is 1. The van der Waals surface area contributed by atoms with Crippen LogP contribution < -0.4 is 16.8 Å². The van der Waals surface area contributed by atoms with E-state index in [1.54, 1.807) is 31.4 Å². The summed E-state index contributed by atoms with van der Waals surface area (Å²) in [6.07, 6.45) is 4.50. The third kappa shape index (κ3) is 4.80. The number of nitrogens with zero attached hydrogens (tertiary/aromatic N) is 2. The van der Waals surface area contributed by atoms with Crippen LogP contribution in [0.3, 0.4) is 0 Å². The van der Waals surface area contributed by atoms with Gasteiger partial charge in [0.15, 0.2) is 17.3 Å². The number of anilines is 1. The van der Waals surface area contributed by atoms with Crippen molar-refractivity contribution in [3.63, 3.8) is 0 Å². The second-order valence-corrected chi connectivity index (χ2v) is 10.5. The number of guanidine groups is 1. The molecule has 0 saturated carbocycles. The Hall–Kier alpha value is -4.05. The highest BCUT2D eigenvalue weighted by atomic mass is 16.7. The molecule has 2 heterocycles. The number of carbonyl (C=O) groups is 3. The zero-order valence-corrected chi connectivity index (χ0v) is 22.9. The second-order valence-electron chi connectivity index (χ2n) is 10.5. The van der Waals surface area contributed by atoms with Gasteiger partial charge in [-0.1, -0.05) is 43.7 Å². The third-order valence-electron chi connectivity index (χ3n) is 7.30. The zero-order chi connectivity index (χ0) is 28.5. The molecule has 1 aromatic heterocycles. The molecule has 3 atom stereocenters. The Kier molecular flexibility index (Phi) is 7.61. The summed E-state index contributed by atoms with van der Waals surface area (Å²) in [5.41, 5.74) is 11.2. The fourth-order valence-corrected chi connectivity index (χ4v) is 5.35. The van der Waals surface area contributed by atoms with Gasteiger partial charge in [0.1, 0.15) is 5.82 Å². The standard InChI is InChI=1S/C29H35N5O5/c1-16(2)13-19-7-6-8-20-23(19)25(36)29(26(37)38-5)28(39-29,24(20)35)11-9-17(3)14-21(34-27(31)32-4)18-10-12-33-22(30)15-18/h6-10,12,15-16,21H,11,13-14H2,1-5H3,(H2,30,33)(H3,31,32,34). The maximum absolute atomic E-state index is 13.9. The highest BCUT2D eigenvalue weighted by Gasteiger charge is 2.85. The number of carbonyl (C=O) groups excluding carboxylic acids is 3. The number of methoxy groups -OCH3 is 1. The Balaban J connectivity index is 1.68. The van der Waals surface area contributed by atoms with Gasteiger partial charge < -0.3 is 26.3 Å². The first-order chi connectivity index (χ1) is 18.5. The van der Waals surface area contributed by atoms with E-state index < -0.39 is 28.7 Å². The Morgan fingerprint density at radius 3 is 2.64 bits per heavy atom. The summed E-state index contributed by atoms with van der Waals surface area (Å²) >= 11 is 0. The molecule has 0 spiro atoms. The SMILES string of the molecule is CN=C(N)NC(CC(C)=CCC12OC1(C(=O)OC)C(=O)c1c(CC(C)C)cccc1C2=O)c1ccnc(N)c1. The summed E-state index contributed by atoms with van der Waals surface area (Å²) in [6.45, 7) is 5.94. The highest BCUT2D eigenvalue weighted by Crippen LogP contribution is 2.59. The van der Waals surface area contributed by atoms with Gasteiger partial charge in [0.05, 0.1) is 13.2 Å². The highest BCUT2D eigenvalue weighted by molar-refractivity contribution is 6.33. The van der Waals surface area contributed by atoms with E-state index in [1.807, 2.05) is 39.0 Å². The minimum atomic E-state index is -1.99. The Labute approximate surface area is 227 Å². The molecule has 4 rings (SSSR count). The normalized spacial score (nSPS) is 23.2. The number of esters is 1. The van der Waals surface area contributed by atoms with Crippen molar-refractivity contribution in [3.8, 4) is 0 Å². The molecule has 5 N–H and O–H groups in total. The quantitative estimate of drug-likeness (QED) is 0.110. The fraction of sp³-hybridized carbons (Fsp3) is 0.414. The van der Waals surface area contributed by atoms with E-state index in [4.69, 9.17) is 20.9 Å². The van der Waals surface area contributed by atoms with Crippen LogP contribution in [-0.2, 0) is 20.7 Å². The van der Waals surface area contributed by atoms with Crippen LogP contribution in [0.4, 0.5) is 5.82 Å². The van der Waals surface area contributed by atoms with Crippen molar-refractivity contribution >= 4 is 29.3 Å². The second kappa shape index (κ2) is 10.6. The molecule has 1 aliphatic heterocycles. The maximum atomic E-state index is 13.9. The number of Topliss-reactive ketones (excluding diaryl/α,β-unsaturated/α-hetero) is 2. The van der Waals surface area contributed by atoms with Crippen LogP contribution in [0.5, 0.6) is 0 Å². The lowest BCUT2D eigenvalue weighted by Crippen LogP contribution is -2.50. The average Bonchev–Trinajstić information content (AvgIpc) is 3.61. The number of hydrogen-bond donors (Lipinski definition) is 3. The van der Waals surface area contributed by atoms with E-state index in [0.717, 1.165) is 16.7 Å². The summed E-state index contributed by atoms with van der Waals surface area (Å²) in [5, 5.41) is 3.16. The van der Waals surface area contributed by atoms with Crippen LogP contribution in [0.25, 0.3) is 0 Å². The molecule has 2 aromatic rings. The van der Waals surface area contributed by atoms with Crippen molar-refractivity contribution in [2.45, 2.75) is 57.3 Å². The molecule has 0 bridgehead atoms. The smallest absolute Gasteiger partial charge is 0.350 e. The number of aliphatic imine (C=N–C) groups is 1. The van der Waals surface area contributed by atoms with Crippen LogP contribution >= 0.6 is 0 Å². The van der Waals surface area contributed by atoms with Crippen LogP contribution in [0.1, 0.15) is 71.5 Å². The molecule has 206 valence electrons. The van der Waals surface area contributed by atoms with Crippen LogP contribution in [0.2, 0.25) is 0 Å². The summed E-state index contributed by atoms with van der Waals surface area (Å²) in [5.74, 6) is -0.923. The van der Waals surface area contributed by atoms with Crippen LogP contribution in [0.15, 0.2) is 53.2 Å². The molecule has 1 aliphatic carbocycles. The Morgan fingerprint density at radius 2 is 2.00 bits per heavy atom. The van der Waals surface area contributed by atoms with Crippen molar-refractivity contribution in [2.75, 3.05) is 19.9 Å². The zero-order valence-electron chi connectivity index (χ0n) is 22.9. The van der Waals surface area contributed by atoms with Gasteiger partial charge in [0.2, 0.25) is 5.78 Å². The number of benzene rings is 1. The number of ether oxygens (including phenoxy) is 2. The minimum Gasteiger partial charge on any atom is -0.466 e. The summed E-state index contributed by atoms with van der Waals surface area (Å²) in [7, 11) is 2.77. The number of nitrogens with two attached hydrogens (primary N) is 2. The van der Waals surface area contributed by atoms with E-state index in [2.05, 4.69) is 15.3 Å². The van der Waals surface area contributed by atoms with Crippen LogP contribution in [0, 0.1) is 5.92 Å². The molecular weight excluding hydrogens is 498 g/mol. The van der Waals surface area contributed by atoms with Crippen molar-refractivity contribution < 1.29 is 23.9 Å². The lowest BCUT2D eigenvalue weighted by atomic mass is 9.70. The summed E-state index contributed by atoms with van der Waals surface area (Å²) in [4.78, 5) is 48.8. The summed E-state index contributed by atoms with van der Waals surface area (Å²) < 4.78 is 10.9. The predicted octanol–water partition coefficient (Wildman–Crippen LogP) is 2.92. The molecule has 1 fully saturated rings. The molecule has 1 saturated heterocycles. The van der Waals surface area contributed by atoms with Gasteiger partial charge in [-0.25, -0.2) is 9.78 Å². The van der Waals surface area contributed by atoms with E-state index in [0.29, 0.717) is 18.7 Å². The predicted molar refractivity (Wildman–Crippen MR) is 147 cm³/mol. The molecule has 0 amide bonds. The number of epoxide rings is 1. The van der Waals surface area contributed by atoms with E-state index in [9.17, 15) is 14.4 Å².